The van der Waals surface area contributed by atoms with Gasteiger partial charge in [-0.25, -0.2) is 9.59 Å². The van der Waals surface area contributed by atoms with Crippen LogP contribution in [0.15, 0.2) is 24.3 Å². The summed E-state index contributed by atoms with van der Waals surface area (Å²) in [5.74, 6) is -0.100. The molecule has 8 heteroatoms. The number of piperidine rings is 1. The number of carbonyl (C=O) groups excluding carboxylic acids is 3. The van der Waals surface area contributed by atoms with Gasteiger partial charge in [0.15, 0.2) is 0 Å². The van der Waals surface area contributed by atoms with E-state index in [-0.39, 0.29) is 35.9 Å². The zero-order chi connectivity index (χ0) is 24.3. The molecule has 1 aliphatic carbocycles. The van der Waals surface area contributed by atoms with Gasteiger partial charge in [0.1, 0.15) is 0 Å². The molecule has 0 bridgehead atoms. The average Bonchev–Trinajstić information content (AvgIpc) is 3.11. The van der Waals surface area contributed by atoms with Gasteiger partial charge in [0, 0.05) is 38.5 Å². The second kappa shape index (κ2) is 10.3. The fourth-order valence-electron chi connectivity index (χ4n) is 5.54. The number of carbonyl (C=O) groups is 3. The number of amides is 3. The van der Waals surface area contributed by atoms with Crippen molar-refractivity contribution < 1.29 is 19.1 Å². The van der Waals surface area contributed by atoms with Gasteiger partial charge < -0.3 is 19.9 Å². The number of esters is 1. The largest absolute Gasteiger partial charge is 0.465 e. The number of hydrogen-bond donors (Lipinski definition) is 2. The molecule has 8 nitrogen and oxygen atoms in total. The van der Waals surface area contributed by atoms with Crippen molar-refractivity contribution in [2.24, 2.45) is 5.92 Å². The predicted molar refractivity (Wildman–Crippen MR) is 129 cm³/mol. The first-order valence-corrected chi connectivity index (χ1v) is 12.6. The topological polar surface area (TPSA) is 91.0 Å². The Hall–Kier alpha value is -2.61. The lowest BCUT2D eigenvalue weighted by Gasteiger charge is -2.45. The maximum Gasteiger partial charge on any atom is 0.337 e. The normalized spacial score (nSPS) is 22.9. The van der Waals surface area contributed by atoms with E-state index in [0.717, 1.165) is 18.4 Å². The molecule has 4 rings (SSSR count). The highest BCUT2D eigenvalue weighted by molar-refractivity contribution is 5.89. The minimum Gasteiger partial charge on any atom is -0.465 e. The number of hydrogen-bond acceptors (Lipinski definition) is 5. The van der Waals surface area contributed by atoms with Crippen molar-refractivity contribution in [3.63, 3.8) is 0 Å². The molecule has 3 amide bonds. The van der Waals surface area contributed by atoms with Crippen LogP contribution in [0.5, 0.6) is 0 Å². The Morgan fingerprint density at radius 2 is 1.76 bits per heavy atom. The maximum atomic E-state index is 13.4. The number of methoxy groups -OCH3 is 1. The number of nitrogens with zero attached hydrogens (tertiary/aromatic N) is 2. The summed E-state index contributed by atoms with van der Waals surface area (Å²) in [6.45, 7) is 5.81. The maximum absolute atomic E-state index is 13.4. The third kappa shape index (κ3) is 5.06. The van der Waals surface area contributed by atoms with Crippen LogP contribution in [0.3, 0.4) is 0 Å². The average molecular weight is 471 g/mol. The molecule has 2 saturated heterocycles. The molecule has 2 aliphatic heterocycles. The van der Waals surface area contributed by atoms with Crippen molar-refractivity contribution in [1.82, 2.24) is 20.4 Å². The van der Waals surface area contributed by atoms with Crippen LogP contribution in [0, 0.1) is 5.92 Å². The van der Waals surface area contributed by atoms with Crippen LogP contribution < -0.4 is 10.6 Å². The van der Waals surface area contributed by atoms with E-state index >= 15 is 0 Å². The summed E-state index contributed by atoms with van der Waals surface area (Å²) in [7, 11) is 1.36. The van der Waals surface area contributed by atoms with Crippen molar-refractivity contribution in [3.8, 4) is 0 Å². The van der Waals surface area contributed by atoms with Gasteiger partial charge in [-0.2, -0.15) is 0 Å². The third-order valence-electron chi connectivity index (χ3n) is 7.67. The lowest BCUT2D eigenvalue weighted by Crippen LogP contribution is -2.60. The van der Waals surface area contributed by atoms with E-state index in [1.54, 1.807) is 12.1 Å². The van der Waals surface area contributed by atoms with E-state index in [2.05, 4.69) is 24.5 Å². The predicted octanol–water partition coefficient (Wildman–Crippen LogP) is 3.26. The van der Waals surface area contributed by atoms with Crippen LogP contribution in [0.1, 0.15) is 74.7 Å². The molecule has 2 N–H and O–H groups in total. The van der Waals surface area contributed by atoms with Crippen LogP contribution in [0.25, 0.3) is 0 Å². The standard InChI is InChI=1S/C26H38N4O4/c1-18(2)22-23(31)30(17-19-9-11-20(12-10-19)24(32)34-3)26(28-22)13-15-29(16-14-26)25(33)27-21-7-5-4-6-8-21/h9-12,18,21-22,28H,4-8,13-17H2,1-3H3,(H,27,33). The summed E-state index contributed by atoms with van der Waals surface area (Å²) < 4.78 is 4.78. The summed E-state index contributed by atoms with van der Waals surface area (Å²) in [6.07, 6.45) is 7.16. The van der Waals surface area contributed by atoms with E-state index in [1.165, 1.54) is 26.4 Å². The van der Waals surface area contributed by atoms with Crippen molar-refractivity contribution in [2.45, 2.75) is 83.1 Å². The molecule has 186 valence electrons. The SMILES string of the molecule is COC(=O)c1ccc(CN2C(=O)C(C(C)C)NC23CCN(C(=O)NC2CCCCC2)CC3)cc1. The second-order valence-corrected chi connectivity index (χ2v) is 10.3. The fourth-order valence-corrected chi connectivity index (χ4v) is 5.54. The van der Waals surface area contributed by atoms with Gasteiger partial charge >= 0.3 is 12.0 Å². The van der Waals surface area contributed by atoms with Crippen LogP contribution in [-0.2, 0) is 16.1 Å². The lowest BCUT2D eigenvalue weighted by atomic mass is 9.94. The van der Waals surface area contributed by atoms with Crippen LogP contribution in [-0.4, -0.2) is 65.7 Å². The van der Waals surface area contributed by atoms with Gasteiger partial charge in [0.05, 0.1) is 24.4 Å². The number of likely N-dealkylation sites (tertiary alicyclic amines) is 1. The highest BCUT2D eigenvalue weighted by Crippen LogP contribution is 2.35. The minimum atomic E-state index is -0.464. The van der Waals surface area contributed by atoms with Crippen molar-refractivity contribution in [2.75, 3.05) is 20.2 Å². The lowest BCUT2D eigenvalue weighted by molar-refractivity contribution is -0.134. The first-order chi connectivity index (χ1) is 16.3. The molecule has 1 spiro atoms. The van der Waals surface area contributed by atoms with Gasteiger partial charge in [0.25, 0.3) is 0 Å². The molecule has 3 aliphatic rings. The van der Waals surface area contributed by atoms with Gasteiger partial charge in [-0.1, -0.05) is 45.2 Å². The molecule has 2 heterocycles. The number of ether oxygens (including phenoxy) is 1. The molecule has 1 aromatic rings. The number of rotatable bonds is 5. The molecule has 1 unspecified atom stereocenters. The summed E-state index contributed by atoms with van der Waals surface area (Å²) >= 11 is 0. The molecule has 0 radical (unpaired) electrons. The number of urea groups is 1. The molecule has 0 aromatic heterocycles. The highest BCUT2D eigenvalue weighted by Gasteiger charge is 2.52. The van der Waals surface area contributed by atoms with E-state index in [4.69, 9.17) is 4.74 Å². The van der Waals surface area contributed by atoms with Crippen molar-refractivity contribution in [1.29, 1.82) is 0 Å². The first kappa shape index (κ1) is 24.5. The highest BCUT2D eigenvalue weighted by atomic mass is 16.5. The minimum absolute atomic E-state index is 0.0245. The van der Waals surface area contributed by atoms with Crippen LogP contribution in [0.4, 0.5) is 4.79 Å². The first-order valence-electron chi connectivity index (χ1n) is 12.6. The van der Waals surface area contributed by atoms with Gasteiger partial charge in [-0.05, 0) is 36.5 Å². The van der Waals surface area contributed by atoms with Crippen LogP contribution in [0.2, 0.25) is 0 Å². The number of benzene rings is 1. The number of nitrogens with one attached hydrogen (secondary N) is 2. The second-order valence-electron chi connectivity index (χ2n) is 10.3. The van der Waals surface area contributed by atoms with Crippen molar-refractivity contribution >= 4 is 17.9 Å². The zero-order valence-electron chi connectivity index (χ0n) is 20.6. The van der Waals surface area contributed by atoms with Gasteiger partial charge in [-0.15, -0.1) is 0 Å². The Labute approximate surface area is 202 Å². The molecule has 1 saturated carbocycles. The molecular weight excluding hydrogens is 432 g/mol. The van der Waals surface area contributed by atoms with E-state index in [9.17, 15) is 14.4 Å². The van der Waals surface area contributed by atoms with E-state index in [0.29, 0.717) is 38.0 Å². The quantitative estimate of drug-likeness (QED) is 0.645. The Bertz CT molecular complexity index is 887. The smallest absolute Gasteiger partial charge is 0.337 e. The molecule has 1 aromatic carbocycles. The Balaban J connectivity index is 1.45. The van der Waals surface area contributed by atoms with E-state index in [1.807, 2.05) is 21.9 Å². The Kier molecular flexibility index (Phi) is 7.45. The molecular formula is C26H38N4O4. The summed E-state index contributed by atoms with van der Waals surface area (Å²) in [4.78, 5) is 41.9. The van der Waals surface area contributed by atoms with Gasteiger partial charge in [0.2, 0.25) is 5.91 Å². The van der Waals surface area contributed by atoms with Crippen molar-refractivity contribution in [3.05, 3.63) is 35.4 Å². The summed E-state index contributed by atoms with van der Waals surface area (Å²) in [5, 5.41) is 6.87. The Morgan fingerprint density at radius 1 is 1.12 bits per heavy atom. The monoisotopic (exact) mass is 470 g/mol. The summed E-state index contributed by atoms with van der Waals surface area (Å²) in [6, 6.07) is 7.30. The van der Waals surface area contributed by atoms with Gasteiger partial charge in [-0.3, -0.25) is 10.1 Å². The fraction of sp³-hybridized carbons (Fsp3) is 0.654. The third-order valence-corrected chi connectivity index (χ3v) is 7.67. The summed E-state index contributed by atoms with van der Waals surface area (Å²) in [5.41, 5.74) is 0.988. The molecule has 3 fully saturated rings. The Morgan fingerprint density at radius 3 is 2.35 bits per heavy atom. The zero-order valence-corrected chi connectivity index (χ0v) is 20.6. The van der Waals surface area contributed by atoms with E-state index < -0.39 is 5.66 Å². The molecule has 34 heavy (non-hydrogen) atoms. The molecule has 1 atom stereocenters. The van der Waals surface area contributed by atoms with Crippen LogP contribution >= 0.6 is 0 Å².